The van der Waals surface area contributed by atoms with Crippen LogP contribution in [0.5, 0.6) is 0 Å². The highest BCUT2D eigenvalue weighted by molar-refractivity contribution is 7.93. The lowest BCUT2D eigenvalue weighted by Crippen LogP contribution is -2.04. The van der Waals surface area contributed by atoms with Gasteiger partial charge in [-0.25, -0.2) is 9.19 Å². The number of rotatable bonds is 3. The van der Waals surface area contributed by atoms with E-state index in [0.717, 1.165) is 0 Å². The van der Waals surface area contributed by atoms with E-state index in [1.165, 1.54) is 12.1 Å². The molecule has 3 aromatic heterocycles. The Labute approximate surface area is 141 Å². The van der Waals surface area contributed by atoms with Gasteiger partial charge in [0, 0.05) is 23.8 Å². The minimum atomic E-state index is -4.70. The standard InChI is InChI=1S/C14H14F3N5O2S/c1-4-25(3,23)21-12-8(2)18-10-7-9(5-6-22(10)12)11-19-13(24-20-11)14(15,16)17/h5-7H,4H2,1-3H3. The van der Waals surface area contributed by atoms with Crippen LogP contribution in [-0.2, 0) is 15.9 Å². The van der Waals surface area contributed by atoms with Gasteiger partial charge in [-0.1, -0.05) is 12.1 Å². The summed E-state index contributed by atoms with van der Waals surface area (Å²) in [6.45, 7) is 3.49. The topological polar surface area (TPSA) is 85.6 Å². The van der Waals surface area contributed by atoms with Crippen molar-refractivity contribution in [2.45, 2.75) is 20.0 Å². The minimum absolute atomic E-state index is 0.193. The van der Waals surface area contributed by atoms with Crippen molar-refractivity contribution in [3.63, 3.8) is 0 Å². The summed E-state index contributed by atoms with van der Waals surface area (Å²) in [6.07, 6.45) is -1.58. The minimum Gasteiger partial charge on any atom is -0.329 e. The molecule has 0 aliphatic heterocycles. The Bertz CT molecular complexity index is 1060. The second-order valence-corrected chi connectivity index (χ2v) is 8.10. The molecule has 3 aromatic rings. The number of alkyl halides is 3. The molecule has 0 spiro atoms. The van der Waals surface area contributed by atoms with Gasteiger partial charge in [0.15, 0.2) is 5.82 Å². The van der Waals surface area contributed by atoms with E-state index in [9.17, 15) is 17.4 Å². The fourth-order valence-corrected chi connectivity index (χ4v) is 2.82. The van der Waals surface area contributed by atoms with Crippen LogP contribution >= 0.6 is 0 Å². The number of hydrogen-bond acceptors (Lipinski definition) is 6. The van der Waals surface area contributed by atoms with E-state index < -0.39 is 21.8 Å². The molecule has 134 valence electrons. The number of aryl methyl sites for hydroxylation is 1. The highest BCUT2D eigenvalue weighted by atomic mass is 32.2. The maximum Gasteiger partial charge on any atom is 0.471 e. The molecule has 7 nitrogen and oxygen atoms in total. The first-order valence-electron chi connectivity index (χ1n) is 7.20. The predicted octanol–water partition coefficient (Wildman–Crippen LogP) is 3.46. The summed E-state index contributed by atoms with van der Waals surface area (Å²) < 4.78 is 60.1. The second kappa shape index (κ2) is 5.83. The van der Waals surface area contributed by atoms with Gasteiger partial charge in [0.05, 0.1) is 15.4 Å². The zero-order valence-corrected chi connectivity index (χ0v) is 14.4. The molecule has 0 aromatic carbocycles. The average Bonchev–Trinajstić information content (AvgIpc) is 3.12. The molecule has 0 bridgehead atoms. The summed E-state index contributed by atoms with van der Waals surface area (Å²) in [5.74, 6) is -0.769. The summed E-state index contributed by atoms with van der Waals surface area (Å²) >= 11 is 0. The summed E-state index contributed by atoms with van der Waals surface area (Å²) in [7, 11) is -2.38. The molecule has 1 atom stereocenters. The van der Waals surface area contributed by atoms with Crippen molar-refractivity contribution < 1.29 is 21.9 Å². The Hall–Kier alpha value is -2.43. The van der Waals surface area contributed by atoms with Gasteiger partial charge in [0.1, 0.15) is 5.65 Å². The Morgan fingerprint density at radius 1 is 1.36 bits per heavy atom. The first kappa shape index (κ1) is 17.4. The van der Waals surface area contributed by atoms with Crippen molar-refractivity contribution in [1.29, 1.82) is 0 Å². The molecule has 25 heavy (non-hydrogen) atoms. The SMILES string of the molecule is CCS(C)(=O)=Nc1c(C)nc2cc(-c3noc(C(F)(F)F)n3)ccn12. The molecule has 0 aliphatic carbocycles. The average molecular weight is 373 g/mol. The number of halogens is 3. The van der Waals surface area contributed by atoms with Crippen LogP contribution < -0.4 is 0 Å². The molecule has 0 radical (unpaired) electrons. The van der Waals surface area contributed by atoms with Gasteiger partial charge in [-0.05, 0) is 19.1 Å². The van der Waals surface area contributed by atoms with Gasteiger partial charge in [0.2, 0.25) is 5.82 Å². The van der Waals surface area contributed by atoms with Crippen LogP contribution in [0.2, 0.25) is 0 Å². The molecule has 0 amide bonds. The van der Waals surface area contributed by atoms with Crippen LogP contribution in [0, 0.1) is 6.92 Å². The van der Waals surface area contributed by atoms with E-state index in [4.69, 9.17) is 0 Å². The predicted molar refractivity (Wildman–Crippen MR) is 84.9 cm³/mol. The number of fused-ring (bicyclic) bond motifs is 1. The molecule has 0 saturated carbocycles. The van der Waals surface area contributed by atoms with Crippen LogP contribution in [0.1, 0.15) is 18.5 Å². The maximum atomic E-state index is 12.6. The zero-order valence-electron chi connectivity index (χ0n) is 13.5. The Kier molecular flexibility index (Phi) is 4.06. The van der Waals surface area contributed by atoms with E-state index in [1.54, 1.807) is 30.7 Å². The fourth-order valence-electron chi connectivity index (χ4n) is 2.10. The second-order valence-electron chi connectivity index (χ2n) is 5.42. The van der Waals surface area contributed by atoms with Crippen molar-refractivity contribution in [2.24, 2.45) is 4.36 Å². The van der Waals surface area contributed by atoms with Crippen molar-refractivity contribution >= 4 is 21.2 Å². The Balaban J connectivity index is 2.10. The quantitative estimate of drug-likeness (QED) is 0.702. The van der Waals surface area contributed by atoms with E-state index in [-0.39, 0.29) is 5.82 Å². The number of imidazole rings is 1. The third-order valence-corrected chi connectivity index (χ3v) is 5.14. The van der Waals surface area contributed by atoms with E-state index in [1.807, 2.05) is 0 Å². The van der Waals surface area contributed by atoms with E-state index in [2.05, 4.69) is 24.0 Å². The van der Waals surface area contributed by atoms with Gasteiger partial charge < -0.3 is 4.52 Å². The molecular formula is C14H14F3N5O2S. The molecule has 0 aliphatic rings. The lowest BCUT2D eigenvalue weighted by molar-refractivity contribution is -0.159. The van der Waals surface area contributed by atoms with Crippen molar-refractivity contribution in [1.82, 2.24) is 19.5 Å². The summed E-state index contributed by atoms with van der Waals surface area (Å²) in [6, 6.07) is 3.03. The smallest absolute Gasteiger partial charge is 0.329 e. The molecule has 0 N–H and O–H groups in total. The summed E-state index contributed by atoms with van der Waals surface area (Å²) in [5, 5.41) is 3.35. The van der Waals surface area contributed by atoms with Crippen LogP contribution in [0.25, 0.3) is 17.0 Å². The molecule has 0 fully saturated rings. The highest BCUT2D eigenvalue weighted by Gasteiger charge is 2.38. The molecule has 3 rings (SSSR count). The molecular weight excluding hydrogens is 359 g/mol. The summed E-state index contributed by atoms with van der Waals surface area (Å²) in [5.41, 5.74) is 1.30. The van der Waals surface area contributed by atoms with Crippen molar-refractivity contribution in [3.05, 3.63) is 29.9 Å². The zero-order chi connectivity index (χ0) is 18.4. The molecule has 3 heterocycles. The number of aromatic nitrogens is 4. The lowest BCUT2D eigenvalue weighted by atomic mass is 10.2. The number of hydrogen-bond donors (Lipinski definition) is 0. The number of nitrogens with zero attached hydrogens (tertiary/aromatic N) is 5. The van der Waals surface area contributed by atoms with Gasteiger partial charge >= 0.3 is 12.1 Å². The molecule has 0 saturated heterocycles. The first-order chi connectivity index (χ1) is 11.6. The highest BCUT2D eigenvalue weighted by Crippen LogP contribution is 2.30. The van der Waals surface area contributed by atoms with Gasteiger partial charge in [-0.2, -0.15) is 22.5 Å². The molecule has 11 heteroatoms. The lowest BCUT2D eigenvalue weighted by Gasteiger charge is -2.02. The summed E-state index contributed by atoms with van der Waals surface area (Å²) in [4.78, 5) is 7.66. The van der Waals surface area contributed by atoms with Crippen molar-refractivity contribution in [2.75, 3.05) is 12.0 Å². The van der Waals surface area contributed by atoms with Crippen LogP contribution in [-0.4, -0.2) is 35.7 Å². The largest absolute Gasteiger partial charge is 0.471 e. The third-order valence-electron chi connectivity index (χ3n) is 3.51. The third kappa shape index (κ3) is 3.36. The van der Waals surface area contributed by atoms with E-state index in [0.29, 0.717) is 28.5 Å². The van der Waals surface area contributed by atoms with E-state index >= 15 is 0 Å². The van der Waals surface area contributed by atoms with Crippen LogP contribution in [0.15, 0.2) is 27.2 Å². The van der Waals surface area contributed by atoms with Crippen LogP contribution in [0.4, 0.5) is 19.0 Å². The molecule has 1 unspecified atom stereocenters. The Morgan fingerprint density at radius 3 is 2.68 bits per heavy atom. The number of pyridine rings is 1. The van der Waals surface area contributed by atoms with Crippen molar-refractivity contribution in [3.8, 4) is 11.4 Å². The fraction of sp³-hybridized carbons (Fsp3) is 0.357. The normalized spacial score (nSPS) is 14.6. The van der Waals surface area contributed by atoms with Crippen LogP contribution in [0.3, 0.4) is 0 Å². The van der Waals surface area contributed by atoms with Gasteiger partial charge in [0.25, 0.3) is 0 Å². The monoisotopic (exact) mass is 373 g/mol. The van der Waals surface area contributed by atoms with Gasteiger partial charge in [-0.15, -0.1) is 0 Å². The maximum absolute atomic E-state index is 12.6. The first-order valence-corrected chi connectivity index (χ1v) is 9.30. The Morgan fingerprint density at radius 2 is 2.08 bits per heavy atom. The van der Waals surface area contributed by atoms with Gasteiger partial charge in [-0.3, -0.25) is 4.40 Å².